The maximum absolute atomic E-state index is 12.3. The average molecular weight is 534 g/mol. The molecule has 1 unspecified atom stereocenters. The van der Waals surface area contributed by atoms with Crippen LogP contribution in [-0.2, 0) is 13.1 Å². The molecule has 2 N–H and O–H groups in total. The van der Waals surface area contributed by atoms with E-state index in [4.69, 9.17) is 4.74 Å². The number of piperidine rings is 1. The van der Waals surface area contributed by atoms with Crippen LogP contribution in [0.5, 0.6) is 11.8 Å². The molecule has 1 aromatic carbocycles. The molecule has 0 spiro atoms. The minimum atomic E-state index is -4.71. The molecule has 2 aromatic heterocycles. The van der Waals surface area contributed by atoms with Crippen LogP contribution in [0.3, 0.4) is 0 Å². The van der Waals surface area contributed by atoms with Gasteiger partial charge in [-0.3, -0.25) is 4.57 Å². The predicted octanol–water partition coefficient (Wildman–Crippen LogP) is 3.11. The molecule has 5 rings (SSSR count). The quantitative estimate of drug-likeness (QED) is 0.328. The molecular weight excluding hydrogens is 509 g/mol. The highest BCUT2D eigenvalue weighted by Gasteiger charge is 2.31. The Morgan fingerprint density at radius 2 is 1.84 bits per heavy atom. The summed E-state index contributed by atoms with van der Waals surface area (Å²) in [6, 6.07) is 6.10. The van der Waals surface area contributed by atoms with E-state index in [2.05, 4.69) is 35.2 Å². The van der Waals surface area contributed by atoms with Crippen LogP contribution in [-0.4, -0.2) is 62.6 Å². The largest absolute Gasteiger partial charge is 0.573 e. The number of imidazole rings is 1. The van der Waals surface area contributed by atoms with Crippen molar-refractivity contribution in [2.75, 3.05) is 29.9 Å². The van der Waals surface area contributed by atoms with Gasteiger partial charge in [0.05, 0.1) is 6.04 Å². The van der Waals surface area contributed by atoms with Crippen molar-refractivity contribution in [3.05, 3.63) is 58.5 Å². The maximum atomic E-state index is 12.3. The second kappa shape index (κ2) is 10.7. The number of hydrogen-bond acceptors (Lipinski definition) is 10. The highest BCUT2D eigenvalue weighted by molar-refractivity contribution is 5.47. The van der Waals surface area contributed by atoms with Gasteiger partial charge in [-0.25, -0.2) is 9.97 Å². The lowest BCUT2D eigenvalue weighted by Crippen LogP contribution is -2.41. The molecular formula is C23H25F3N8O4. The van der Waals surface area contributed by atoms with Crippen molar-refractivity contribution in [2.45, 2.75) is 44.4 Å². The van der Waals surface area contributed by atoms with Crippen LogP contribution in [0.2, 0.25) is 0 Å². The zero-order valence-electron chi connectivity index (χ0n) is 20.1. The van der Waals surface area contributed by atoms with E-state index in [1.54, 1.807) is 29.1 Å². The Morgan fingerprint density at radius 3 is 2.50 bits per heavy atom. The molecule has 1 saturated heterocycles. The number of nitro groups is 1. The van der Waals surface area contributed by atoms with Crippen LogP contribution in [0.15, 0.2) is 42.9 Å². The van der Waals surface area contributed by atoms with Crippen LogP contribution in [0, 0.1) is 10.1 Å². The number of aromatic nitrogens is 4. The summed E-state index contributed by atoms with van der Waals surface area (Å²) in [5, 5.41) is 17.6. The molecule has 38 heavy (non-hydrogen) atoms. The summed E-state index contributed by atoms with van der Waals surface area (Å²) in [7, 11) is 0. The Kier molecular flexibility index (Phi) is 7.18. The molecule has 0 aliphatic carbocycles. The van der Waals surface area contributed by atoms with Crippen molar-refractivity contribution < 1.29 is 27.6 Å². The van der Waals surface area contributed by atoms with Crippen molar-refractivity contribution in [3.8, 4) is 11.8 Å². The van der Waals surface area contributed by atoms with Gasteiger partial charge in [0.2, 0.25) is 5.95 Å². The fourth-order valence-corrected chi connectivity index (χ4v) is 4.39. The molecule has 202 valence electrons. The highest BCUT2D eigenvalue weighted by Crippen LogP contribution is 2.26. The number of anilines is 2. The van der Waals surface area contributed by atoms with E-state index in [1.165, 1.54) is 18.3 Å². The number of nitrogens with one attached hydrogen (secondary N) is 2. The zero-order chi connectivity index (χ0) is 26.7. The third-order valence-corrected chi connectivity index (χ3v) is 6.27. The number of halogens is 3. The normalized spacial score (nSPS) is 18.0. The Bertz CT molecular complexity index is 1250. The van der Waals surface area contributed by atoms with Gasteiger partial charge in [-0.05, 0) is 42.0 Å². The van der Waals surface area contributed by atoms with Crippen molar-refractivity contribution in [1.82, 2.24) is 24.8 Å². The topological polar surface area (TPSA) is 132 Å². The van der Waals surface area contributed by atoms with Crippen LogP contribution in [0.25, 0.3) is 0 Å². The lowest BCUT2D eigenvalue weighted by molar-refractivity contribution is -0.389. The molecule has 0 saturated carbocycles. The first-order valence-corrected chi connectivity index (χ1v) is 12.0. The fraction of sp³-hybridized carbons (Fsp3) is 0.435. The van der Waals surface area contributed by atoms with Crippen molar-refractivity contribution in [3.63, 3.8) is 0 Å². The van der Waals surface area contributed by atoms with Gasteiger partial charge in [-0.15, -0.1) is 13.2 Å². The van der Waals surface area contributed by atoms with Gasteiger partial charge in [0.25, 0.3) is 0 Å². The van der Waals surface area contributed by atoms with Crippen molar-refractivity contribution in [1.29, 1.82) is 0 Å². The number of fused-ring (bicyclic) bond motifs is 1. The number of hydrogen-bond donors (Lipinski definition) is 2. The van der Waals surface area contributed by atoms with E-state index in [1.807, 2.05) is 0 Å². The van der Waals surface area contributed by atoms with Crippen LogP contribution >= 0.6 is 0 Å². The average Bonchev–Trinajstić information content (AvgIpc) is 3.33. The second-order valence-corrected chi connectivity index (χ2v) is 9.05. The number of nitrogens with zero attached hydrogens (tertiary/aromatic N) is 6. The summed E-state index contributed by atoms with van der Waals surface area (Å²) in [5.74, 6) is 0.148. The molecule has 0 bridgehead atoms. The maximum Gasteiger partial charge on any atom is 0.573 e. The number of alkyl halides is 3. The fourth-order valence-electron chi connectivity index (χ4n) is 4.39. The van der Waals surface area contributed by atoms with Gasteiger partial charge in [0, 0.05) is 60.8 Å². The zero-order valence-corrected chi connectivity index (χ0v) is 20.1. The van der Waals surface area contributed by atoms with E-state index >= 15 is 0 Å². The smallest absolute Gasteiger partial charge is 0.444 e. The lowest BCUT2D eigenvalue weighted by Gasteiger charge is -2.33. The van der Waals surface area contributed by atoms with E-state index in [-0.39, 0.29) is 29.7 Å². The van der Waals surface area contributed by atoms with Gasteiger partial charge in [0.15, 0.2) is 0 Å². The molecule has 4 heterocycles. The monoisotopic (exact) mass is 534 g/mol. The van der Waals surface area contributed by atoms with Crippen molar-refractivity contribution >= 4 is 17.5 Å². The van der Waals surface area contributed by atoms with E-state index in [0.717, 1.165) is 37.2 Å². The third-order valence-electron chi connectivity index (χ3n) is 6.27. The minimum absolute atomic E-state index is 0.0455. The van der Waals surface area contributed by atoms with E-state index in [9.17, 15) is 23.3 Å². The lowest BCUT2D eigenvalue weighted by atomic mass is 10.0. The summed E-state index contributed by atoms with van der Waals surface area (Å²) in [4.78, 5) is 25.3. The minimum Gasteiger partial charge on any atom is -0.444 e. The van der Waals surface area contributed by atoms with Crippen LogP contribution in [0.4, 0.5) is 30.6 Å². The molecule has 1 fully saturated rings. The third kappa shape index (κ3) is 6.40. The Balaban J connectivity index is 1.06. The first-order chi connectivity index (χ1) is 18.2. The first-order valence-electron chi connectivity index (χ1n) is 12.0. The Labute approximate surface area is 214 Å². The molecule has 15 heteroatoms. The second-order valence-electron chi connectivity index (χ2n) is 9.05. The van der Waals surface area contributed by atoms with Crippen molar-refractivity contribution in [2.24, 2.45) is 0 Å². The Hall–Kier alpha value is -4.14. The highest BCUT2D eigenvalue weighted by atomic mass is 19.4. The molecule has 1 atom stereocenters. The number of benzene rings is 1. The summed E-state index contributed by atoms with van der Waals surface area (Å²) in [5.41, 5.74) is 1.63. The summed E-state index contributed by atoms with van der Waals surface area (Å²) in [6.07, 6.45) is 1.83. The molecule has 12 nitrogen and oxygen atoms in total. The van der Waals surface area contributed by atoms with Crippen LogP contribution in [0.1, 0.15) is 18.4 Å². The van der Waals surface area contributed by atoms with Gasteiger partial charge in [-0.1, -0.05) is 0 Å². The van der Waals surface area contributed by atoms with E-state index < -0.39 is 11.3 Å². The number of rotatable bonds is 8. The molecule has 2 aliphatic heterocycles. The van der Waals surface area contributed by atoms with Gasteiger partial charge < -0.3 is 35.1 Å². The van der Waals surface area contributed by atoms with Gasteiger partial charge >= 0.3 is 18.2 Å². The summed E-state index contributed by atoms with van der Waals surface area (Å²) < 4.78 is 48.0. The summed E-state index contributed by atoms with van der Waals surface area (Å²) in [6.45, 7) is 2.84. The van der Waals surface area contributed by atoms with Crippen LogP contribution < -0.4 is 25.0 Å². The first kappa shape index (κ1) is 25.5. The predicted molar refractivity (Wildman–Crippen MR) is 129 cm³/mol. The van der Waals surface area contributed by atoms with Gasteiger partial charge in [0.1, 0.15) is 18.6 Å². The van der Waals surface area contributed by atoms with E-state index in [0.29, 0.717) is 25.6 Å². The Morgan fingerprint density at radius 1 is 1.13 bits per heavy atom. The van der Waals surface area contributed by atoms with Gasteiger partial charge in [-0.2, -0.15) is 0 Å². The SMILES string of the molecule is O=[N+]([O-])c1cn2c(n1)OCC(NCc1cnc(N3CCC(Nc4ccc(OC(F)(F)F)cc4)CC3)nc1)C2. The molecule has 0 radical (unpaired) electrons. The molecule has 3 aromatic rings. The standard InChI is InChI=1S/C23H25F3N8O4/c24-23(25,26)38-19-3-1-16(2-4-19)30-17-5-7-32(8-6-17)21-28-10-15(11-29-21)9-27-18-12-33-13-20(34(35)36)31-22(33)37-14-18/h1-4,10-11,13,17-18,27,30H,5-9,12,14H2. The number of ether oxygens (including phenoxy) is 2. The molecule has 0 amide bonds. The molecule has 2 aliphatic rings. The summed E-state index contributed by atoms with van der Waals surface area (Å²) >= 11 is 0.